The van der Waals surface area contributed by atoms with Crippen molar-refractivity contribution in [3.8, 4) is 0 Å². The van der Waals surface area contributed by atoms with Crippen molar-refractivity contribution in [3.63, 3.8) is 0 Å². The van der Waals surface area contributed by atoms with Gasteiger partial charge in [0.05, 0.1) is 11.3 Å². The first kappa shape index (κ1) is 14.0. The quantitative estimate of drug-likeness (QED) is 0.386. The average molecular weight is 327 g/mol. The molecule has 2 unspecified atom stereocenters. The largest absolute Gasteiger partial charge is 0.121 e. The standard InChI is InChI=1S/C23H18S/c1-16-15-24(19-10-3-2-4-11-19)21-13-7-9-18-14-17-8-5-6-12-20(17)22(16)23(18)21/h2-15,23H,1H3/p+1. The Kier molecular flexibility index (Phi) is 3.11. The van der Waals surface area contributed by atoms with Crippen molar-refractivity contribution < 1.29 is 0 Å². The predicted octanol–water partition coefficient (Wildman–Crippen LogP) is 5.15. The molecule has 2 aromatic rings. The highest BCUT2D eigenvalue weighted by molar-refractivity contribution is 7.99. The van der Waals surface area contributed by atoms with E-state index in [9.17, 15) is 0 Å². The molecule has 3 aliphatic rings. The van der Waals surface area contributed by atoms with Crippen molar-refractivity contribution >= 4 is 27.5 Å². The predicted molar refractivity (Wildman–Crippen MR) is 107 cm³/mol. The molecule has 2 aromatic carbocycles. The Morgan fingerprint density at radius 1 is 0.917 bits per heavy atom. The third-order valence-corrected chi connectivity index (χ3v) is 7.57. The van der Waals surface area contributed by atoms with Crippen molar-refractivity contribution in [2.75, 3.05) is 0 Å². The maximum absolute atomic E-state index is 2.52. The number of hydrogen-bond donors (Lipinski definition) is 0. The van der Waals surface area contributed by atoms with E-state index in [1.807, 2.05) is 0 Å². The molecule has 5 rings (SSSR count). The van der Waals surface area contributed by atoms with Crippen LogP contribution in [0.25, 0.3) is 11.6 Å². The molecule has 24 heavy (non-hydrogen) atoms. The van der Waals surface area contributed by atoms with Crippen molar-refractivity contribution in [1.29, 1.82) is 0 Å². The lowest BCUT2D eigenvalue weighted by molar-refractivity contribution is 0.983. The molecule has 0 nitrogen and oxygen atoms in total. The molecule has 0 fully saturated rings. The van der Waals surface area contributed by atoms with E-state index in [1.54, 1.807) is 4.91 Å². The molecule has 0 saturated carbocycles. The van der Waals surface area contributed by atoms with Crippen molar-refractivity contribution in [1.82, 2.24) is 0 Å². The third kappa shape index (κ3) is 1.98. The summed E-state index contributed by atoms with van der Waals surface area (Å²) in [6.07, 6.45) is 9.26. The van der Waals surface area contributed by atoms with Gasteiger partial charge in [0.25, 0.3) is 0 Å². The van der Waals surface area contributed by atoms with Gasteiger partial charge in [0.2, 0.25) is 0 Å². The Hall–Kier alpha value is -2.38. The molecule has 1 heterocycles. The van der Waals surface area contributed by atoms with Gasteiger partial charge in [-0.3, -0.25) is 0 Å². The second-order valence-corrected chi connectivity index (χ2v) is 8.58. The van der Waals surface area contributed by atoms with Crippen molar-refractivity contribution in [2.24, 2.45) is 5.92 Å². The molecule has 1 heteroatoms. The van der Waals surface area contributed by atoms with Gasteiger partial charge in [-0.2, -0.15) is 0 Å². The Bertz CT molecular complexity index is 997. The molecule has 0 spiro atoms. The lowest BCUT2D eigenvalue weighted by Crippen LogP contribution is -2.24. The van der Waals surface area contributed by atoms with Crippen molar-refractivity contribution in [2.45, 2.75) is 11.8 Å². The van der Waals surface area contributed by atoms with Crippen LogP contribution >= 0.6 is 0 Å². The Morgan fingerprint density at radius 3 is 2.58 bits per heavy atom. The summed E-state index contributed by atoms with van der Waals surface area (Å²) in [7, 11) is -0.392. The molecule has 0 bridgehead atoms. The zero-order valence-electron chi connectivity index (χ0n) is 13.6. The summed E-state index contributed by atoms with van der Waals surface area (Å²) in [5.41, 5.74) is 7.15. The van der Waals surface area contributed by atoms with Gasteiger partial charge in [-0.25, -0.2) is 0 Å². The molecule has 0 amide bonds. The average Bonchev–Trinajstić information content (AvgIpc) is 2.64. The maximum Gasteiger partial charge on any atom is 0.121 e. The molecule has 0 N–H and O–H groups in total. The number of thiol groups is 1. The summed E-state index contributed by atoms with van der Waals surface area (Å²) in [6.45, 7) is 2.29. The topological polar surface area (TPSA) is 0 Å². The summed E-state index contributed by atoms with van der Waals surface area (Å²) < 4.78 is 0. The fourth-order valence-corrected chi connectivity index (χ4v) is 6.50. The summed E-state index contributed by atoms with van der Waals surface area (Å²) in [4.78, 5) is 3.02. The van der Waals surface area contributed by atoms with E-state index < -0.39 is 10.5 Å². The first-order valence-electron chi connectivity index (χ1n) is 8.42. The molecule has 0 saturated heterocycles. The summed E-state index contributed by atoms with van der Waals surface area (Å²) in [5, 5.41) is 2.52. The Balaban J connectivity index is 1.81. The van der Waals surface area contributed by atoms with Crippen LogP contribution in [-0.4, -0.2) is 5.37 Å². The van der Waals surface area contributed by atoms with Crippen LogP contribution in [0.15, 0.2) is 93.8 Å². The first-order chi connectivity index (χ1) is 11.8. The van der Waals surface area contributed by atoms with E-state index in [-0.39, 0.29) is 0 Å². The third-order valence-electron chi connectivity index (χ3n) is 5.11. The van der Waals surface area contributed by atoms with Gasteiger partial charge < -0.3 is 0 Å². The second kappa shape index (κ2) is 5.32. The van der Waals surface area contributed by atoms with Crippen LogP contribution in [0.5, 0.6) is 0 Å². The molecule has 2 aliphatic carbocycles. The number of fused-ring (bicyclic) bond motifs is 2. The van der Waals surface area contributed by atoms with E-state index in [4.69, 9.17) is 0 Å². The minimum Gasteiger partial charge on any atom is -0.0748 e. The van der Waals surface area contributed by atoms with Crippen LogP contribution < -0.4 is 0 Å². The molecule has 1 aliphatic heterocycles. The van der Waals surface area contributed by atoms with E-state index >= 15 is 0 Å². The van der Waals surface area contributed by atoms with Gasteiger partial charge in [0.15, 0.2) is 0 Å². The second-order valence-electron chi connectivity index (χ2n) is 6.55. The minimum absolute atomic E-state index is 0.392. The smallest absolute Gasteiger partial charge is 0.0748 e. The fourth-order valence-electron chi connectivity index (χ4n) is 4.08. The summed E-state index contributed by atoms with van der Waals surface area (Å²) >= 11 is 0. The molecule has 116 valence electrons. The summed E-state index contributed by atoms with van der Waals surface area (Å²) in [6, 6.07) is 19.8. The number of rotatable bonds is 1. The molecule has 2 atom stereocenters. The summed E-state index contributed by atoms with van der Waals surface area (Å²) in [5.74, 6) is 0.432. The SMILES string of the molecule is CC1=C2c3ccccc3C=C3C=CC=C(C32)[SH+](c2ccccc2)=C1. The van der Waals surface area contributed by atoms with Crippen LogP contribution in [0.3, 0.4) is 0 Å². The number of allylic oxidation sites excluding steroid dienone is 7. The van der Waals surface area contributed by atoms with Crippen LogP contribution in [-0.2, 0) is 10.5 Å². The highest BCUT2D eigenvalue weighted by atomic mass is 32.2. The molecule has 0 aromatic heterocycles. The Labute approximate surface area is 145 Å². The lowest BCUT2D eigenvalue weighted by Gasteiger charge is -2.33. The fraction of sp³-hybridized carbons (Fsp3) is 0.0870. The van der Waals surface area contributed by atoms with Gasteiger partial charge >= 0.3 is 0 Å². The zero-order chi connectivity index (χ0) is 16.1. The van der Waals surface area contributed by atoms with Crippen LogP contribution in [0.4, 0.5) is 0 Å². The van der Waals surface area contributed by atoms with Crippen molar-refractivity contribution in [3.05, 3.63) is 100 Å². The van der Waals surface area contributed by atoms with Gasteiger partial charge in [-0.05, 0) is 53.0 Å². The van der Waals surface area contributed by atoms with Gasteiger partial charge in [-0.15, -0.1) is 0 Å². The molecular weight excluding hydrogens is 308 g/mol. The highest BCUT2D eigenvalue weighted by Crippen LogP contribution is 2.48. The Morgan fingerprint density at radius 2 is 1.71 bits per heavy atom. The van der Waals surface area contributed by atoms with Crippen LogP contribution in [0, 0.1) is 5.92 Å². The van der Waals surface area contributed by atoms with Gasteiger partial charge in [0.1, 0.15) is 9.80 Å². The van der Waals surface area contributed by atoms with E-state index in [0.29, 0.717) is 5.92 Å². The van der Waals surface area contributed by atoms with Crippen LogP contribution in [0.2, 0.25) is 0 Å². The monoisotopic (exact) mass is 327 g/mol. The molecular formula is C23H19S+. The minimum atomic E-state index is -0.392. The zero-order valence-corrected chi connectivity index (χ0v) is 14.5. The lowest BCUT2D eigenvalue weighted by atomic mass is 9.75. The first-order valence-corrected chi connectivity index (χ1v) is 9.83. The highest BCUT2D eigenvalue weighted by Gasteiger charge is 2.38. The maximum atomic E-state index is 2.52. The molecule has 0 radical (unpaired) electrons. The van der Waals surface area contributed by atoms with Gasteiger partial charge in [0, 0.05) is 0 Å². The van der Waals surface area contributed by atoms with Gasteiger partial charge in [-0.1, -0.05) is 71.2 Å². The van der Waals surface area contributed by atoms with E-state index in [0.717, 1.165) is 0 Å². The van der Waals surface area contributed by atoms with E-state index in [2.05, 4.69) is 91.2 Å². The number of benzene rings is 2. The van der Waals surface area contributed by atoms with E-state index in [1.165, 1.54) is 32.7 Å². The number of hydrogen-bond acceptors (Lipinski definition) is 0. The normalized spacial score (nSPS) is 23.7. The van der Waals surface area contributed by atoms with Crippen LogP contribution in [0.1, 0.15) is 18.1 Å².